The lowest BCUT2D eigenvalue weighted by Crippen LogP contribution is -2.00. The Hall–Kier alpha value is -1.25. The first-order valence-corrected chi connectivity index (χ1v) is 3.90. The quantitative estimate of drug-likeness (QED) is 0.736. The van der Waals surface area contributed by atoms with Crippen molar-refractivity contribution in [3.63, 3.8) is 0 Å². The highest BCUT2D eigenvalue weighted by Crippen LogP contribution is 2.21. The summed E-state index contributed by atoms with van der Waals surface area (Å²) in [6.45, 7) is 5.42. The first kappa shape index (κ1) is 8.84. The van der Waals surface area contributed by atoms with E-state index in [0.717, 1.165) is 5.56 Å². The third kappa shape index (κ3) is 1.22. The molecule has 3 nitrogen and oxygen atoms in total. The van der Waals surface area contributed by atoms with Crippen LogP contribution in [-0.4, -0.2) is 11.1 Å². The molecule has 0 radical (unpaired) electrons. The molecule has 1 aromatic rings. The van der Waals surface area contributed by atoms with Gasteiger partial charge >= 0.3 is 5.97 Å². The van der Waals surface area contributed by atoms with Gasteiger partial charge in [0.05, 0.1) is 0 Å². The van der Waals surface area contributed by atoms with Gasteiger partial charge in [-0.3, -0.25) is 0 Å². The molecule has 0 saturated heterocycles. The van der Waals surface area contributed by atoms with Crippen molar-refractivity contribution in [3.8, 4) is 0 Å². The molecule has 0 spiro atoms. The summed E-state index contributed by atoms with van der Waals surface area (Å²) in [5, 5.41) is 8.83. The summed E-state index contributed by atoms with van der Waals surface area (Å²) in [6, 6.07) is 0. The molecule has 0 saturated carbocycles. The SMILES string of the molecule is CCc1oc(C)c(C)c1C(=O)O. The Bertz CT molecular complexity index is 310. The summed E-state index contributed by atoms with van der Waals surface area (Å²) < 4.78 is 5.28. The number of aryl methyl sites for hydroxylation is 2. The van der Waals surface area contributed by atoms with Crippen molar-refractivity contribution in [2.75, 3.05) is 0 Å². The fraction of sp³-hybridized carbons (Fsp3) is 0.444. The molecule has 66 valence electrons. The van der Waals surface area contributed by atoms with Crippen molar-refractivity contribution >= 4 is 5.97 Å². The van der Waals surface area contributed by atoms with Crippen molar-refractivity contribution in [2.24, 2.45) is 0 Å². The number of furan rings is 1. The number of rotatable bonds is 2. The van der Waals surface area contributed by atoms with Crippen LogP contribution in [0, 0.1) is 13.8 Å². The van der Waals surface area contributed by atoms with Crippen molar-refractivity contribution in [3.05, 3.63) is 22.6 Å². The van der Waals surface area contributed by atoms with E-state index >= 15 is 0 Å². The molecule has 0 aliphatic heterocycles. The Morgan fingerprint density at radius 1 is 1.50 bits per heavy atom. The van der Waals surface area contributed by atoms with E-state index in [1.807, 2.05) is 6.92 Å². The maximum atomic E-state index is 10.8. The van der Waals surface area contributed by atoms with E-state index in [4.69, 9.17) is 9.52 Å². The van der Waals surface area contributed by atoms with Crippen LogP contribution in [0.3, 0.4) is 0 Å². The zero-order valence-electron chi connectivity index (χ0n) is 7.47. The highest BCUT2D eigenvalue weighted by molar-refractivity contribution is 5.90. The summed E-state index contributed by atoms with van der Waals surface area (Å²) in [6.07, 6.45) is 0.621. The van der Waals surface area contributed by atoms with Gasteiger partial charge in [-0.2, -0.15) is 0 Å². The van der Waals surface area contributed by atoms with Crippen LogP contribution in [0.1, 0.15) is 34.4 Å². The summed E-state index contributed by atoms with van der Waals surface area (Å²) >= 11 is 0. The van der Waals surface area contributed by atoms with Gasteiger partial charge in [0.15, 0.2) is 0 Å². The Morgan fingerprint density at radius 3 is 2.42 bits per heavy atom. The number of carbonyl (C=O) groups is 1. The maximum Gasteiger partial charge on any atom is 0.339 e. The van der Waals surface area contributed by atoms with Gasteiger partial charge in [0.25, 0.3) is 0 Å². The highest BCUT2D eigenvalue weighted by atomic mass is 16.4. The average Bonchev–Trinajstić information content (AvgIpc) is 2.28. The lowest BCUT2D eigenvalue weighted by molar-refractivity contribution is 0.0694. The minimum absolute atomic E-state index is 0.329. The van der Waals surface area contributed by atoms with E-state index in [-0.39, 0.29) is 0 Å². The van der Waals surface area contributed by atoms with E-state index < -0.39 is 5.97 Å². The fourth-order valence-electron chi connectivity index (χ4n) is 1.23. The number of carboxylic acids is 1. The average molecular weight is 168 g/mol. The van der Waals surface area contributed by atoms with E-state index in [1.165, 1.54) is 0 Å². The van der Waals surface area contributed by atoms with Gasteiger partial charge in [0, 0.05) is 12.0 Å². The zero-order valence-corrected chi connectivity index (χ0v) is 7.47. The summed E-state index contributed by atoms with van der Waals surface area (Å²) in [5.74, 6) is 0.364. The predicted octanol–water partition coefficient (Wildman–Crippen LogP) is 2.16. The minimum Gasteiger partial charge on any atom is -0.478 e. The lowest BCUT2D eigenvalue weighted by atomic mass is 10.1. The van der Waals surface area contributed by atoms with Crippen molar-refractivity contribution in [1.29, 1.82) is 0 Å². The Morgan fingerprint density at radius 2 is 2.08 bits per heavy atom. The summed E-state index contributed by atoms with van der Waals surface area (Å²) in [7, 11) is 0. The largest absolute Gasteiger partial charge is 0.478 e. The molecule has 3 heteroatoms. The molecule has 0 aliphatic rings. The fourth-order valence-corrected chi connectivity index (χ4v) is 1.23. The summed E-state index contributed by atoms with van der Waals surface area (Å²) in [4.78, 5) is 10.8. The maximum absolute atomic E-state index is 10.8. The lowest BCUT2D eigenvalue weighted by Gasteiger charge is -1.92. The molecule has 1 heterocycles. The smallest absolute Gasteiger partial charge is 0.339 e. The van der Waals surface area contributed by atoms with Crippen LogP contribution >= 0.6 is 0 Å². The van der Waals surface area contributed by atoms with Crippen molar-refractivity contribution in [1.82, 2.24) is 0 Å². The predicted molar refractivity (Wildman–Crippen MR) is 44.5 cm³/mol. The molecular weight excluding hydrogens is 156 g/mol. The second-order valence-corrected chi connectivity index (χ2v) is 2.74. The Balaban J connectivity index is 3.31. The third-order valence-electron chi connectivity index (χ3n) is 1.99. The van der Waals surface area contributed by atoms with Crippen LogP contribution in [0.25, 0.3) is 0 Å². The van der Waals surface area contributed by atoms with Crippen molar-refractivity contribution in [2.45, 2.75) is 27.2 Å². The van der Waals surface area contributed by atoms with Crippen LogP contribution in [-0.2, 0) is 6.42 Å². The molecular formula is C9H12O3. The van der Waals surface area contributed by atoms with Gasteiger partial charge in [0.1, 0.15) is 17.1 Å². The Kier molecular flexibility index (Phi) is 2.22. The monoisotopic (exact) mass is 168 g/mol. The molecule has 0 atom stereocenters. The normalized spacial score (nSPS) is 10.2. The standard InChI is InChI=1S/C9H12O3/c1-4-7-8(9(10)11)5(2)6(3)12-7/h4H2,1-3H3,(H,10,11). The third-order valence-corrected chi connectivity index (χ3v) is 1.99. The molecule has 0 aliphatic carbocycles. The Labute approximate surface area is 71.0 Å². The number of carboxylic acid groups (broad SMARTS) is 1. The molecule has 0 bridgehead atoms. The first-order chi connectivity index (χ1) is 5.57. The van der Waals surface area contributed by atoms with Crippen LogP contribution in [0.15, 0.2) is 4.42 Å². The highest BCUT2D eigenvalue weighted by Gasteiger charge is 2.18. The van der Waals surface area contributed by atoms with E-state index in [0.29, 0.717) is 23.5 Å². The van der Waals surface area contributed by atoms with Gasteiger partial charge < -0.3 is 9.52 Å². The van der Waals surface area contributed by atoms with Gasteiger partial charge in [-0.15, -0.1) is 0 Å². The molecule has 0 aromatic carbocycles. The van der Waals surface area contributed by atoms with Gasteiger partial charge in [-0.05, 0) is 13.8 Å². The van der Waals surface area contributed by atoms with Crippen LogP contribution in [0.2, 0.25) is 0 Å². The second kappa shape index (κ2) is 3.01. The topological polar surface area (TPSA) is 50.4 Å². The van der Waals surface area contributed by atoms with E-state index in [1.54, 1.807) is 13.8 Å². The second-order valence-electron chi connectivity index (χ2n) is 2.74. The summed E-state index contributed by atoms with van der Waals surface area (Å²) in [5.41, 5.74) is 1.06. The van der Waals surface area contributed by atoms with Gasteiger partial charge in [-0.1, -0.05) is 6.92 Å². The molecule has 1 aromatic heterocycles. The number of hydrogen-bond acceptors (Lipinski definition) is 2. The molecule has 1 N–H and O–H groups in total. The van der Waals surface area contributed by atoms with Crippen LogP contribution in [0.5, 0.6) is 0 Å². The molecule has 0 fully saturated rings. The van der Waals surface area contributed by atoms with Crippen molar-refractivity contribution < 1.29 is 14.3 Å². The van der Waals surface area contributed by atoms with Gasteiger partial charge in [-0.25, -0.2) is 4.79 Å². The van der Waals surface area contributed by atoms with Crippen LogP contribution < -0.4 is 0 Å². The van der Waals surface area contributed by atoms with Crippen LogP contribution in [0.4, 0.5) is 0 Å². The number of hydrogen-bond donors (Lipinski definition) is 1. The molecule has 12 heavy (non-hydrogen) atoms. The number of aromatic carboxylic acids is 1. The molecule has 0 amide bonds. The van der Waals surface area contributed by atoms with E-state index in [2.05, 4.69) is 0 Å². The molecule has 0 unspecified atom stereocenters. The van der Waals surface area contributed by atoms with E-state index in [9.17, 15) is 4.79 Å². The first-order valence-electron chi connectivity index (χ1n) is 3.90. The minimum atomic E-state index is -0.902. The zero-order chi connectivity index (χ0) is 9.30. The van der Waals surface area contributed by atoms with Gasteiger partial charge in [0.2, 0.25) is 0 Å². The molecule has 1 rings (SSSR count).